The Morgan fingerprint density at radius 2 is 1.84 bits per heavy atom. The van der Waals surface area contributed by atoms with Crippen molar-refractivity contribution in [3.63, 3.8) is 0 Å². The van der Waals surface area contributed by atoms with Gasteiger partial charge in [0.15, 0.2) is 5.11 Å². The van der Waals surface area contributed by atoms with E-state index in [4.69, 9.17) is 35.4 Å². The fourth-order valence-electron chi connectivity index (χ4n) is 4.73. The first-order chi connectivity index (χ1) is 15.5. The van der Waals surface area contributed by atoms with Gasteiger partial charge >= 0.3 is 0 Å². The molecule has 2 aliphatic rings. The van der Waals surface area contributed by atoms with Crippen LogP contribution in [0.25, 0.3) is 17.0 Å². The zero-order chi connectivity index (χ0) is 22.2. The van der Waals surface area contributed by atoms with Crippen molar-refractivity contribution in [1.29, 1.82) is 0 Å². The maximum atomic E-state index is 13.2. The lowest BCUT2D eigenvalue weighted by Gasteiger charge is -2.29. The molecule has 7 heteroatoms. The quantitative estimate of drug-likeness (QED) is 0.345. The molecule has 1 aromatic heterocycles. The Bertz CT molecular complexity index is 1240. The molecule has 1 aliphatic carbocycles. The van der Waals surface area contributed by atoms with Crippen LogP contribution in [0.1, 0.15) is 43.2 Å². The highest BCUT2D eigenvalue weighted by Gasteiger charge is 2.36. The van der Waals surface area contributed by atoms with Gasteiger partial charge in [0.1, 0.15) is 5.70 Å². The molecule has 1 saturated heterocycles. The Morgan fingerprint density at radius 3 is 2.62 bits per heavy atom. The molecule has 2 aromatic carbocycles. The third kappa shape index (κ3) is 4.05. The summed E-state index contributed by atoms with van der Waals surface area (Å²) in [5, 5.41) is 5.85. The number of aromatic nitrogens is 1. The van der Waals surface area contributed by atoms with Gasteiger partial charge in [-0.15, -0.1) is 0 Å². The van der Waals surface area contributed by atoms with Crippen LogP contribution in [0.2, 0.25) is 10.0 Å². The lowest BCUT2D eigenvalue weighted by Crippen LogP contribution is -2.41. The van der Waals surface area contributed by atoms with E-state index in [1.807, 2.05) is 36.4 Å². The van der Waals surface area contributed by atoms with Crippen molar-refractivity contribution in [2.24, 2.45) is 0 Å². The summed E-state index contributed by atoms with van der Waals surface area (Å²) in [6.45, 7) is 0.647. The largest absolute Gasteiger partial charge is 0.342 e. The van der Waals surface area contributed by atoms with E-state index in [0.717, 1.165) is 47.7 Å². The highest BCUT2D eigenvalue weighted by molar-refractivity contribution is 7.80. The minimum Gasteiger partial charge on any atom is -0.342 e. The monoisotopic (exact) mass is 483 g/mol. The average molecular weight is 484 g/mol. The first kappa shape index (κ1) is 21.5. The van der Waals surface area contributed by atoms with Crippen LogP contribution >= 0.6 is 35.4 Å². The van der Waals surface area contributed by atoms with Crippen LogP contribution in [0.4, 0.5) is 0 Å². The van der Waals surface area contributed by atoms with Gasteiger partial charge in [-0.25, -0.2) is 0 Å². The summed E-state index contributed by atoms with van der Waals surface area (Å²) in [7, 11) is 0. The van der Waals surface area contributed by atoms with Crippen molar-refractivity contribution >= 4 is 63.4 Å². The molecular formula is C25H23Cl2N3OS. The number of hydrogen-bond acceptors (Lipinski definition) is 2. The number of rotatable bonds is 4. The molecule has 2 heterocycles. The van der Waals surface area contributed by atoms with Crippen LogP contribution in [0, 0.1) is 0 Å². The molecule has 0 bridgehead atoms. The van der Waals surface area contributed by atoms with E-state index in [-0.39, 0.29) is 11.9 Å². The maximum Gasteiger partial charge on any atom is 0.276 e. The fourth-order valence-corrected chi connectivity index (χ4v) is 5.39. The fraction of sp³-hybridized carbons (Fsp3) is 0.280. The highest BCUT2D eigenvalue weighted by atomic mass is 35.5. The number of nitrogens with zero attached hydrogens (tertiary/aromatic N) is 2. The minimum atomic E-state index is -0.0248. The molecule has 4 nitrogen and oxygen atoms in total. The number of fused-ring (bicyclic) bond motifs is 1. The Kier molecular flexibility index (Phi) is 5.97. The van der Waals surface area contributed by atoms with Crippen molar-refractivity contribution < 1.29 is 4.79 Å². The molecule has 5 rings (SSSR count). The summed E-state index contributed by atoms with van der Waals surface area (Å²) in [4.78, 5) is 15.0. The van der Waals surface area contributed by atoms with Gasteiger partial charge in [0.2, 0.25) is 0 Å². The highest BCUT2D eigenvalue weighted by Crippen LogP contribution is 2.30. The molecule has 3 aromatic rings. The summed E-state index contributed by atoms with van der Waals surface area (Å²) in [5.74, 6) is -0.0248. The van der Waals surface area contributed by atoms with E-state index in [1.54, 1.807) is 4.90 Å². The zero-order valence-corrected chi connectivity index (χ0v) is 19.8. The molecule has 1 aliphatic heterocycles. The van der Waals surface area contributed by atoms with E-state index in [2.05, 4.69) is 28.2 Å². The van der Waals surface area contributed by atoms with Gasteiger partial charge in [0, 0.05) is 35.2 Å². The number of thiocarbonyl (C=S) groups is 1. The predicted octanol–water partition coefficient (Wildman–Crippen LogP) is 6.39. The minimum absolute atomic E-state index is 0.0248. The van der Waals surface area contributed by atoms with Crippen LogP contribution in [0.15, 0.2) is 54.4 Å². The van der Waals surface area contributed by atoms with Crippen LogP contribution in [0.3, 0.4) is 0 Å². The van der Waals surface area contributed by atoms with Crippen LogP contribution in [0.5, 0.6) is 0 Å². The van der Waals surface area contributed by atoms with E-state index in [0.29, 0.717) is 27.4 Å². The number of nitrogens with one attached hydrogen (secondary N) is 1. The Labute approximate surface area is 202 Å². The Hall–Kier alpha value is -2.34. The smallest absolute Gasteiger partial charge is 0.276 e. The summed E-state index contributed by atoms with van der Waals surface area (Å²) < 4.78 is 2.16. The SMILES string of the molecule is O=C1/C(=C\c2cn(Cc3ccc(Cl)c(Cl)c3)c3ccccc23)NC(=S)N1C1CCCCC1. The van der Waals surface area contributed by atoms with Crippen molar-refractivity contribution in [3.05, 3.63) is 75.5 Å². The lowest BCUT2D eigenvalue weighted by atomic mass is 9.94. The molecule has 1 amide bonds. The Balaban J connectivity index is 1.48. The van der Waals surface area contributed by atoms with Gasteiger partial charge in [-0.1, -0.05) is 66.7 Å². The van der Waals surface area contributed by atoms with Gasteiger partial charge in [-0.3, -0.25) is 9.69 Å². The van der Waals surface area contributed by atoms with Gasteiger partial charge in [-0.05, 0) is 54.9 Å². The Morgan fingerprint density at radius 1 is 1.06 bits per heavy atom. The van der Waals surface area contributed by atoms with Crippen LogP contribution < -0.4 is 5.32 Å². The molecule has 0 atom stereocenters. The lowest BCUT2D eigenvalue weighted by molar-refractivity contribution is -0.124. The van der Waals surface area contributed by atoms with Crippen molar-refractivity contribution in [2.75, 3.05) is 0 Å². The van der Waals surface area contributed by atoms with Gasteiger partial charge in [-0.2, -0.15) is 0 Å². The molecule has 32 heavy (non-hydrogen) atoms. The second kappa shape index (κ2) is 8.89. The molecule has 0 radical (unpaired) electrons. The van der Waals surface area contributed by atoms with E-state index in [9.17, 15) is 4.79 Å². The van der Waals surface area contributed by atoms with Gasteiger partial charge < -0.3 is 9.88 Å². The molecule has 164 valence electrons. The molecule has 0 unspecified atom stereocenters. The van der Waals surface area contributed by atoms with E-state index >= 15 is 0 Å². The standard InChI is InChI=1S/C25H23Cl2N3OS/c26-20-11-10-16(12-21(20)27)14-29-15-17(19-8-4-5-9-23(19)29)13-22-24(31)30(25(32)28-22)18-6-2-1-3-7-18/h4-5,8-13,15,18H,1-3,6-7,14H2,(H,28,32)/b22-13+. The van der Waals surface area contributed by atoms with Crippen molar-refractivity contribution in [3.8, 4) is 0 Å². The molecule has 2 fully saturated rings. The van der Waals surface area contributed by atoms with Crippen molar-refractivity contribution in [2.45, 2.75) is 44.7 Å². The third-order valence-electron chi connectivity index (χ3n) is 6.31. The second-order valence-electron chi connectivity index (χ2n) is 8.43. The van der Waals surface area contributed by atoms with Crippen molar-refractivity contribution in [1.82, 2.24) is 14.8 Å². The average Bonchev–Trinajstić information content (AvgIpc) is 3.28. The first-order valence-electron chi connectivity index (χ1n) is 10.9. The summed E-state index contributed by atoms with van der Waals surface area (Å²) in [5.41, 5.74) is 3.66. The van der Waals surface area contributed by atoms with E-state index in [1.165, 1.54) is 6.42 Å². The predicted molar refractivity (Wildman–Crippen MR) is 135 cm³/mol. The number of carbonyl (C=O) groups excluding carboxylic acids is 1. The molecule has 1 saturated carbocycles. The zero-order valence-electron chi connectivity index (χ0n) is 17.5. The summed E-state index contributed by atoms with van der Waals surface area (Å²) in [6, 6.07) is 14.1. The van der Waals surface area contributed by atoms with Gasteiger partial charge in [0.25, 0.3) is 5.91 Å². The summed E-state index contributed by atoms with van der Waals surface area (Å²) >= 11 is 17.8. The number of carbonyl (C=O) groups is 1. The number of benzene rings is 2. The third-order valence-corrected chi connectivity index (χ3v) is 7.34. The van der Waals surface area contributed by atoms with Gasteiger partial charge in [0.05, 0.1) is 10.0 Å². The van der Waals surface area contributed by atoms with Crippen LogP contribution in [-0.2, 0) is 11.3 Å². The normalized spacial score (nSPS) is 18.7. The molecule has 0 spiro atoms. The topological polar surface area (TPSA) is 37.3 Å². The number of para-hydroxylation sites is 1. The number of hydrogen-bond donors (Lipinski definition) is 1. The first-order valence-corrected chi connectivity index (χ1v) is 12.1. The molecule has 1 N–H and O–H groups in total. The second-order valence-corrected chi connectivity index (χ2v) is 9.63. The van der Waals surface area contributed by atoms with Crippen LogP contribution in [-0.4, -0.2) is 26.5 Å². The number of amides is 1. The molecular weight excluding hydrogens is 461 g/mol. The van der Waals surface area contributed by atoms with E-state index < -0.39 is 0 Å². The maximum absolute atomic E-state index is 13.2. The summed E-state index contributed by atoms with van der Waals surface area (Å²) in [6.07, 6.45) is 9.57. The number of halogens is 2.